The molecule has 0 aliphatic carbocycles. The SMILES string of the molecule is COC(=O)C(C)(C)[C@@H]1CCC(=O)C[C@@H]([C@H](C)OCc2ccccc2)O1. The van der Waals surface area contributed by atoms with Gasteiger partial charge < -0.3 is 14.2 Å². The van der Waals surface area contributed by atoms with E-state index >= 15 is 0 Å². The summed E-state index contributed by atoms with van der Waals surface area (Å²) in [6.07, 6.45) is 0.240. The van der Waals surface area contributed by atoms with E-state index in [0.29, 0.717) is 25.9 Å². The third kappa shape index (κ3) is 5.13. The number of ether oxygens (including phenoxy) is 3. The second-order valence-electron chi connectivity index (χ2n) is 7.16. The maximum Gasteiger partial charge on any atom is 0.313 e. The van der Waals surface area contributed by atoms with Gasteiger partial charge in [-0.05, 0) is 32.8 Å². The standard InChI is InChI=1S/C20H28O5/c1-14(24-13-15-8-6-5-7-9-15)17-12-16(21)10-11-18(25-17)20(2,3)19(22)23-4/h5-9,14,17-18H,10-13H2,1-4H3/t14-,17-,18-/m0/s1. The largest absolute Gasteiger partial charge is 0.469 e. The second-order valence-corrected chi connectivity index (χ2v) is 7.16. The zero-order valence-corrected chi connectivity index (χ0v) is 15.5. The molecule has 0 unspecified atom stereocenters. The van der Waals surface area contributed by atoms with Gasteiger partial charge in [-0.25, -0.2) is 0 Å². The molecule has 0 N–H and O–H groups in total. The number of ketones is 1. The highest BCUT2D eigenvalue weighted by Gasteiger charge is 2.42. The maximum atomic E-state index is 12.1. The first-order chi connectivity index (χ1) is 11.8. The van der Waals surface area contributed by atoms with Crippen LogP contribution in [0.5, 0.6) is 0 Å². The summed E-state index contributed by atoms with van der Waals surface area (Å²) in [7, 11) is 1.37. The highest BCUT2D eigenvalue weighted by Crippen LogP contribution is 2.33. The molecule has 0 aromatic heterocycles. The van der Waals surface area contributed by atoms with E-state index in [1.54, 1.807) is 13.8 Å². The minimum Gasteiger partial charge on any atom is -0.469 e. The maximum absolute atomic E-state index is 12.1. The molecule has 0 radical (unpaired) electrons. The van der Waals surface area contributed by atoms with Crippen molar-refractivity contribution in [3.05, 3.63) is 35.9 Å². The molecule has 0 saturated carbocycles. The van der Waals surface area contributed by atoms with Gasteiger partial charge in [0.2, 0.25) is 0 Å². The van der Waals surface area contributed by atoms with Crippen LogP contribution in [-0.4, -0.2) is 37.2 Å². The Balaban J connectivity index is 2.04. The molecule has 1 aromatic carbocycles. The summed E-state index contributed by atoms with van der Waals surface area (Å²) in [4.78, 5) is 24.2. The number of benzene rings is 1. The van der Waals surface area contributed by atoms with E-state index in [4.69, 9.17) is 14.2 Å². The molecule has 1 aromatic rings. The van der Waals surface area contributed by atoms with Crippen LogP contribution in [0.15, 0.2) is 30.3 Å². The normalized spacial score (nSPS) is 23.0. The lowest BCUT2D eigenvalue weighted by Gasteiger charge is -2.34. The molecule has 138 valence electrons. The van der Waals surface area contributed by atoms with Crippen molar-refractivity contribution in [2.45, 2.75) is 65.0 Å². The van der Waals surface area contributed by atoms with Crippen LogP contribution in [0.25, 0.3) is 0 Å². The molecule has 1 fully saturated rings. The quantitative estimate of drug-likeness (QED) is 0.738. The topological polar surface area (TPSA) is 61.8 Å². The van der Waals surface area contributed by atoms with E-state index in [1.807, 2.05) is 37.3 Å². The van der Waals surface area contributed by atoms with E-state index < -0.39 is 5.41 Å². The summed E-state index contributed by atoms with van der Waals surface area (Å²) in [5.41, 5.74) is 0.261. The minimum absolute atomic E-state index is 0.142. The predicted molar refractivity (Wildman–Crippen MR) is 94.0 cm³/mol. The number of Topliss-reactive ketones (excluding diaryl/α,β-unsaturated/α-hetero) is 1. The highest BCUT2D eigenvalue weighted by molar-refractivity contribution is 5.80. The molecular weight excluding hydrogens is 320 g/mol. The number of carbonyl (C=O) groups excluding carboxylic acids is 2. The molecule has 1 aliphatic rings. The summed E-state index contributed by atoms with van der Waals surface area (Å²) in [6.45, 7) is 5.97. The van der Waals surface area contributed by atoms with Gasteiger partial charge in [0.1, 0.15) is 5.78 Å². The molecule has 2 rings (SSSR count). The Bertz CT molecular complexity index is 581. The zero-order chi connectivity index (χ0) is 18.4. The molecule has 1 saturated heterocycles. The summed E-state index contributed by atoms with van der Waals surface area (Å²) in [5.74, 6) is -0.188. The Morgan fingerprint density at radius 1 is 1.32 bits per heavy atom. The van der Waals surface area contributed by atoms with Gasteiger partial charge in [-0.15, -0.1) is 0 Å². The van der Waals surface area contributed by atoms with E-state index in [0.717, 1.165) is 5.56 Å². The molecule has 5 heteroatoms. The van der Waals surface area contributed by atoms with Gasteiger partial charge >= 0.3 is 5.97 Å². The number of hydrogen-bond acceptors (Lipinski definition) is 5. The highest BCUT2D eigenvalue weighted by atomic mass is 16.6. The number of methoxy groups -OCH3 is 1. The van der Waals surface area contributed by atoms with Crippen LogP contribution < -0.4 is 0 Å². The summed E-state index contributed by atoms with van der Waals surface area (Å²) in [6, 6.07) is 9.87. The third-order valence-electron chi connectivity index (χ3n) is 4.85. The molecule has 5 nitrogen and oxygen atoms in total. The fourth-order valence-electron chi connectivity index (χ4n) is 3.06. The van der Waals surface area contributed by atoms with Crippen molar-refractivity contribution in [2.24, 2.45) is 5.41 Å². The van der Waals surface area contributed by atoms with E-state index in [2.05, 4.69) is 0 Å². The number of carbonyl (C=O) groups is 2. The van der Waals surface area contributed by atoms with Crippen molar-refractivity contribution in [3.63, 3.8) is 0 Å². The number of rotatable bonds is 6. The van der Waals surface area contributed by atoms with E-state index in [-0.39, 0.29) is 30.1 Å². The smallest absolute Gasteiger partial charge is 0.313 e. The van der Waals surface area contributed by atoms with Crippen LogP contribution in [0, 0.1) is 5.41 Å². The van der Waals surface area contributed by atoms with Gasteiger partial charge in [0.05, 0.1) is 37.4 Å². The Labute approximate surface area is 149 Å². The Kier molecular flexibility index (Phi) is 6.73. The van der Waals surface area contributed by atoms with Gasteiger partial charge in [-0.2, -0.15) is 0 Å². The molecule has 25 heavy (non-hydrogen) atoms. The average Bonchev–Trinajstić information content (AvgIpc) is 2.82. The Morgan fingerprint density at radius 2 is 2.00 bits per heavy atom. The molecule has 0 bridgehead atoms. The van der Waals surface area contributed by atoms with Crippen LogP contribution in [0.1, 0.15) is 45.6 Å². The van der Waals surface area contributed by atoms with Gasteiger partial charge in [0, 0.05) is 12.8 Å². The lowest BCUT2D eigenvalue weighted by atomic mass is 9.84. The fourth-order valence-corrected chi connectivity index (χ4v) is 3.06. The van der Waals surface area contributed by atoms with Crippen molar-refractivity contribution in [1.82, 2.24) is 0 Å². The van der Waals surface area contributed by atoms with Gasteiger partial charge in [0.25, 0.3) is 0 Å². The molecule has 0 amide bonds. The predicted octanol–water partition coefficient (Wildman–Crippen LogP) is 3.30. The van der Waals surface area contributed by atoms with Crippen molar-refractivity contribution in [1.29, 1.82) is 0 Å². The monoisotopic (exact) mass is 348 g/mol. The Morgan fingerprint density at radius 3 is 2.64 bits per heavy atom. The van der Waals surface area contributed by atoms with Gasteiger partial charge in [-0.3, -0.25) is 9.59 Å². The molecule has 0 spiro atoms. The minimum atomic E-state index is -0.809. The average molecular weight is 348 g/mol. The van der Waals surface area contributed by atoms with Crippen molar-refractivity contribution < 1.29 is 23.8 Å². The molecule has 1 aliphatic heterocycles. The van der Waals surface area contributed by atoms with Crippen LogP contribution in [0.4, 0.5) is 0 Å². The van der Waals surface area contributed by atoms with E-state index in [9.17, 15) is 9.59 Å². The van der Waals surface area contributed by atoms with Crippen LogP contribution in [0.3, 0.4) is 0 Å². The van der Waals surface area contributed by atoms with Crippen LogP contribution in [0.2, 0.25) is 0 Å². The number of hydrogen-bond donors (Lipinski definition) is 0. The number of esters is 1. The van der Waals surface area contributed by atoms with Gasteiger partial charge in [-0.1, -0.05) is 30.3 Å². The summed E-state index contributed by atoms with van der Waals surface area (Å²) in [5, 5.41) is 0. The van der Waals surface area contributed by atoms with Crippen molar-refractivity contribution in [3.8, 4) is 0 Å². The zero-order valence-electron chi connectivity index (χ0n) is 15.5. The molecule has 3 atom stereocenters. The third-order valence-corrected chi connectivity index (χ3v) is 4.85. The lowest BCUT2D eigenvalue weighted by molar-refractivity contribution is -0.170. The van der Waals surface area contributed by atoms with Crippen molar-refractivity contribution >= 4 is 11.8 Å². The fraction of sp³-hybridized carbons (Fsp3) is 0.600. The first-order valence-corrected chi connectivity index (χ1v) is 8.75. The lowest BCUT2D eigenvalue weighted by Crippen LogP contribution is -2.43. The van der Waals surface area contributed by atoms with E-state index in [1.165, 1.54) is 7.11 Å². The van der Waals surface area contributed by atoms with Crippen molar-refractivity contribution in [2.75, 3.05) is 7.11 Å². The Hall–Kier alpha value is -1.72. The van der Waals surface area contributed by atoms with Crippen LogP contribution >= 0.6 is 0 Å². The van der Waals surface area contributed by atoms with Gasteiger partial charge in [0.15, 0.2) is 0 Å². The summed E-state index contributed by atoms with van der Waals surface area (Å²) < 4.78 is 17.0. The second kappa shape index (κ2) is 8.59. The molecular formula is C20H28O5. The first-order valence-electron chi connectivity index (χ1n) is 8.75. The van der Waals surface area contributed by atoms with Crippen LogP contribution in [-0.2, 0) is 30.4 Å². The first kappa shape index (κ1) is 19.6. The molecule has 1 heterocycles. The summed E-state index contributed by atoms with van der Waals surface area (Å²) >= 11 is 0.